The van der Waals surface area contributed by atoms with Crippen LogP contribution in [0.1, 0.15) is 24.6 Å². The topological polar surface area (TPSA) is 119 Å². The number of hydrogen-bond donors (Lipinski definition) is 3. The summed E-state index contributed by atoms with van der Waals surface area (Å²) in [6.07, 6.45) is -2.49. The number of hydrogen-bond acceptors (Lipinski definition) is 8. The number of halogens is 5. The smallest absolute Gasteiger partial charge is 0.352 e. The minimum atomic E-state index is -4.61. The van der Waals surface area contributed by atoms with Gasteiger partial charge in [-0.15, -0.1) is 0 Å². The Labute approximate surface area is 197 Å². The number of aromatic nitrogens is 3. The van der Waals surface area contributed by atoms with Gasteiger partial charge in [-0.3, -0.25) is 15.2 Å². The van der Waals surface area contributed by atoms with Crippen LogP contribution >= 0.6 is 0 Å². The third kappa shape index (κ3) is 6.25. The van der Waals surface area contributed by atoms with E-state index in [9.17, 15) is 26.7 Å². The molecule has 0 spiro atoms. The van der Waals surface area contributed by atoms with E-state index in [1.807, 2.05) is 0 Å². The van der Waals surface area contributed by atoms with Gasteiger partial charge < -0.3 is 15.6 Å². The monoisotopic (exact) mass is 498 g/mol. The Morgan fingerprint density at radius 2 is 1.94 bits per heavy atom. The number of rotatable bonds is 7. The molecule has 3 rings (SSSR count). The zero-order valence-electron chi connectivity index (χ0n) is 18.8. The molecule has 1 unspecified atom stereocenters. The number of amides is 1. The molecular weight excluding hydrogens is 475 g/mol. The Morgan fingerprint density at radius 3 is 2.51 bits per heavy atom. The van der Waals surface area contributed by atoms with E-state index < -0.39 is 54.2 Å². The maximum Gasteiger partial charge on any atom is 0.419 e. The summed E-state index contributed by atoms with van der Waals surface area (Å²) in [5.41, 5.74) is 0.877. The standard InChI is InChI=1S/C21H23F5N8O/c1-12-7-20(22,23)11-34(15(12)10-32-19-30-8-13(9-31-19)21(24,25)26)18(35)16(27)17(33-28-2)14-5-3-4-6-29-14/h3-6,8-9,12,15,27-28H,7,10-11H2,1-2H3,(H,30,31,32)/b27-16?,33-17-/t12-,15?/m1/s1. The maximum atomic E-state index is 14.4. The number of piperidine rings is 1. The lowest BCUT2D eigenvalue weighted by molar-refractivity contribution is -0.145. The first-order chi connectivity index (χ1) is 16.4. The van der Waals surface area contributed by atoms with E-state index in [1.54, 1.807) is 12.1 Å². The van der Waals surface area contributed by atoms with Crippen molar-refractivity contribution in [2.45, 2.75) is 31.5 Å². The molecule has 1 aliphatic rings. The van der Waals surface area contributed by atoms with E-state index in [0.29, 0.717) is 12.4 Å². The molecule has 3 N–H and O–H groups in total. The van der Waals surface area contributed by atoms with E-state index in [-0.39, 0.29) is 23.9 Å². The lowest BCUT2D eigenvalue weighted by atomic mass is 9.87. The van der Waals surface area contributed by atoms with E-state index in [0.717, 1.165) is 4.90 Å². The molecule has 0 bridgehead atoms. The van der Waals surface area contributed by atoms with Crippen LogP contribution in [0, 0.1) is 11.3 Å². The van der Waals surface area contributed by atoms with Gasteiger partial charge in [0.2, 0.25) is 5.95 Å². The van der Waals surface area contributed by atoms with Crippen molar-refractivity contribution in [1.82, 2.24) is 25.3 Å². The Balaban J connectivity index is 1.83. The summed E-state index contributed by atoms with van der Waals surface area (Å²) in [4.78, 5) is 25.4. The fourth-order valence-corrected chi connectivity index (χ4v) is 3.74. The highest BCUT2D eigenvalue weighted by molar-refractivity contribution is 6.68. The van der Waals surface area contributed by atoms with Gasteiger partial charge in [-0.2, -0.15) is 18.3 Å². The highest BCUT2D eigenvalue weighted by atomic mass is 19.4. The van der Waals surface area contributed by atoms with Crippen LogP contribution in [-0.4, -0.2) is 69.3 Å². The number of pyridine rings is 1. The predicted molar refractivity (Wildman–Crippen MR) is 117 cm³/mol. The number of carbonyl (C=O) groups excluding carboxylic acids is 1. The highest BCUT2D eigenvalue weighted by Gasteiger charge is 2.47. The van der Waals surface area contributed by atoms with Crippen LogP contribution in [0.25, 0.3) is 0 Å². The van der Waals surface area contributed by atoms with Crippen LogP contribution in [0.15, 0.2) is 41.9 Å². The van der Waals surface area contributed by atoms with Crippen LogP contribution in [-0.2, 0) is 11.0 Å². The molecule has 1 amide bonds. The minimum absolute atomic E-state index is 0.121. The van der Waals surface area contributed by atoms with Gasteiger partial charge in [0.15, 0.2) is 0 Å². The second-order valence-corrected chi connectivity index (χ2v) is 7.99. The summed E-state index contributed by atoms with van der Waals surface area (Å²) in [6.45, 7) is 0.468. The van der Waals surface area contributed by atoms with Crippen LogP contribution < -0.4 is 10.7 Å². The average molecular weight is 498 g/mol. The minimum Gasteiger partial charge on any atom is -0.352 e. The van der Waals surface area contributed by atoms with Crippen molar-refractivity contribution >= 4 is 23.3 Å². The van der Waals surface area contributed by atoms with Crippen molar-refractivity contribution in [2.24, 2.45) is 11.0 Å². The molecule has 1 aliphatic heterocycles. The Kier molecular flexibility index (Phi) is 7.60. The molecule has 2 aromatic heterocycles. The van der Waals surface area contributed by atoms with Gasteiger partial charge in [0, 0.05) is 38.6 Å². The Hall–Kier alpha value is -3.71. The Morgan fingerprint density at radius 1 is 1.26 bits per heavy atom. The zero-order chi connectivity index (χ0) is 25.8. The van der Waals surface area contributed by atoms with Crippen LogP contribution in [0.4, 0.5) is 27.9 Å². The van der Waals surface area contributed by atoms with E-state index >= 15 is 0 Å². The fourth-order valence-electron chi connectivity index (χ4n) is 3.74. The highest BCUT2D eigenvalue weighted by Crippen LogP contribution is 2.35. The van der Waals surface area contributed by atoms with Gasteiger partial charge in [-0.1, -0.05) is 13.0 Å². The second kappa shape index (κ2) is 10.3. The summed E-state index contributed by atoms with van der Waals surface area (Å²) in [6, 6.07) is 3.95. The zero-order valence-corrected chi connectivity index (χ0v) is 18.8. The van der Waals surface area contributed by atoms with Crippen LogP contribution in [0.2, 0.25) is 0 Å². The van der Waals surface area contributed by atoms with Gasteiger partial charge >= 0.3 is 6.18 Å². The molecule has 0 radical (unpaired) electrons. The van der Waals surface area contributed by atoms with Crippen molar-refractivity contribution in [3.8, 4) is 0 Å². The molecule has 2 aromatic rings. The number of nitrogens with one attached hydrogen (secondary N) is 3. The van der Waals surface area contributed by atoms with Gasteiger partial charge in [-0.05, 0) is 18.1 Å². The second-order valence-electron chi connectivity index (χ2n) is 7.99. The molecule has 14 heteroatoms. The number of hydrazone groups is 1. The molecule has 1 fully saturated rings. The normalized spacial score (nSPS) is 20.3. The number of alkyl halides is 5. The third-order valence-electron chi connectivity index (χ3n) is 5.37. The molecule has 3 heterocycles. The van der Waals surface area contributed by atoms with Crippen molar-refractivity contribution < 1.29 is 26.7 Å². The molecule has 9 nitrogen and oxygen atoms in total. The average Bonchev–Trinajstić information content (AvgIpc) is 2.80. The van der Waals surface area contributed by atoms with Crippen LogP contribution in [0.5, 0.6) is 0 Å². The first-order valence-corrected chi connectivity index (χ1v) is 10.5. The van der Waals surface area contributed by atoms with Crippen molar-refractivity contribution in [3.63, 3.8) is 0 Å². The summed E-state index contributed by atoms with van der Waals surface area (Å²) < 4.78 is 67.0. The third-order valence-corrected chi connectivity index (χ3v) is 5.37. The quantitative estimate of drug-likeness (QED) is 0.307. The molecule has 0 aromatic carbocycles. The first-order valence-electron chi connectivity index (χ1n) is 10.5. The SMILES string of the molecule is CN/N=C(\C(=N)C(=O)N1CC(F)(F)C[C@@H](C)C1CNc1ncc(C(F)(F)F)cn1)c1ccccn1. The fraction of sp³-hybridized carbons (Fsp3) is 0.429. The first kappa shape index (κ1) is 25.9. The number of anilines is 1. The van der Waals surface area contributed by atoms with Gasteiger partial charge in [0.05, 0.1) is 23.8 Å². The lowest BCUT2D eigenvalue weighted by Gasteiger charge is -2.43. The number of carbonyl (C=O) groups is 1. The van der Waals surface area contributed by atoms with Gasteiger partial charge in [0.25, 0.3) is 11.8 Å². The molecular formula is C21H23F5N8O. The molecule has 0 aliphatic carbocycles. The van der Waals surface area contributed by atoms with E-state index in [2.05, 4.69) is 30.8 Å². The number of likely N-dealkylation sites (tertiary alicyclic amines) is 1. The summed E-state index contributed by atoms with van der Waals surface area (Å²) in [5, 5.41) is 15.0. The van der Waals surface area contributed by atoms with E-state index in [4.69, 9.17) is 5.41 Å². The predicted octanol–water partition coefficient (Wildman–Crippen LogP) is 2.82. The largest absolute Gasteiger partial charge is 0.419 e. The van der Waals surface area contributed by atoms with Crippen molar-refractivity contribution in [3.05, 3.63) is 48.0 Å². The summed E-state index contributed by atoms with van der Waals surface area (Å²) >= 11 is 0. The van der Waals surface area contributed by atoms with Crippen molar-refractivity contribution in [2.75, 3.05) is 25.5 Å². The van der Waals surface area contributed by atoms with Crippen molar-refractivity contribution in [1.29, 1.82) is 5.41 Å². The molecule has 1 saturated heterocycles. The number of nitrogens with zero attached hydrogens (tertiary/aromatic N) is 5. The summed E-state index contributed by atoms with van der Waals surface area (Å²) in [5.74, 6) is -5.05. The molecule has 2 atom stereocenters. The van der Waals surface area contributed by atoms with Gasteiger partial charge in [0.1, 0.15) is 11.4 Å². The lowest BCUT2D eigenvalue weighted by Crippen LogP contribution is -2.59. The molecule has 35 heavy (non-hydrogen) atoms. The van der Waals surface area contributed by atoms with Gasteiger partial charge in [-0.25, -0.2) is 18.7 Å². The summed E-state index contributed by atoms with van der Waals surface area (Å²) in [7, 11) is 1.45. The Bertz CT molecular complexity index is 1080. The van der Waals surface area contributed by atoms with Crippen LogP contribution in [0.3, 0.4) is 0 Å². The van der Waals surface area contributed by atoms with E-state index in [1.165, 1.54) is 26.2 Å². The molecule has 0 saturated carbocycles. The maximum absolute atomic E-state index is 14.4. The molecule has 188 valence electrons.